The van der Waals surface area contributed by atoms with Gasteiger partial charge < -0.3 is 4.74 Å². The molecular weight excluding hydrogens is 647 g/mol. The highest BCUT2D eigenvalue weighted by atomic mass is 79.9. The molecule has 0 radical (unpaired) electrons. The topological polar surface area (TPSA) is 101 Å². The highest BCUT2D eigenvalue weighted by Gasteiger charge is 2.52. The first kappa shape index (κ1) is 29.7. The third-order valence-electron chi connectivity index (χ3n) is 7.20. The SMILES string of the molecule is CC1=CC[C@H]2C(=O)N(N(CC(=O)c3ccc(OC(=O)c4ccc(Br)cc4)cc3)C(=O)c3ccc(Cl)cc3Cl)C(=O)[C@@H]2C1. The van der Waals surface area contributed by atoms with Crippen LogP contribution < -0.4 is 4.74 Å². The summed E-state index contributed by atoms with van der Waals surface area (Å²) in [7, 11) is 0. The molecule has 1 heterocycles. The van der Waals surface area contributed by atoms with E-state index in [1.54, 1.807) is 24.3 Å². The number of ether oxygens (including phenoxy) is 1. The third kappa shape index (κ3) is 6.04. The second kappa shape index (κ2) is 12.2. The number of rotatable bonds is 7. The number of fused-ring (bicyclic) bond motifs is 1. The van der Waals surface area contributed by atoms with Crippen molar-refractivity contribution in [2.24, 2.45) is 11.8 Å². The van der Waals surface area contributed by atoms with E-state index in [9.17, 15) is 24.0 Å². The fourth-order valence-corrected chi connectivity index (χ4v) is 5.73. The lowest BCUT2D eigenvalue weighted by atomic mass is 9.82. The van der Waals surface area contributed by atoms with Crippen molar-refractivity contribution in [1.29, 1.82) is 0 Å². The van der Waals surface area contributed by atoms with Crippen LogP contribution in [0, 0.1) is 11.8 Å². The summed E-state index contributed by atoms with van der Waals surface area (Å²) >= 11 is 15.6. The summed E-state index contributed by atoms with van der Waals surface area (Å²) in [4.78, 5) is 66.5. The Balaban J connectivity index is 1.39. The Kier molecular flexibility index (Phi) is 8.63. The van der Waals surface area contributed by atoms with Gasteiger partial charge in [0.15, 0.2) is 5.78 Å². The lowest BCUT2D eigenvalue weighted by Gasteiger charge is -2.30. The highest BCUT2D eigenvalue weighted by molar-refractivity contribution is 9.10. The molecule has 1 aliphatic carbocycles. The quantitative estimate of drug-likeness (QED) is 0.0929. The summed E-state index contributed by atoms with van der Waals surface area (Å²) in [5.41, 5.74) is 1.48. The molecule has 3 amide bonds. The summed E-state index contributed by atoms with van der Waals surface area (Å²) in [6, 6.07) is 16.6. The first-order chi connectivity index (χ1) is 20.0. The van der Waals surface area contributed by atoms with E-state index in [1.165, 1.54) is 42.5 Å². The van der Waals surface area contributed by atoms with Crippen molar-refractivity contribution < 1.29 is 28.7 Å². The molecule has 0 N–H and O–H groups in total. The predicted molar refractivity (Wildman–Crippen MR) is 159 cm³/mol. The van der Waals surface area contributed by atoms with Gasteiger partial charge in [-0.1, -0.05) is 50.8 Å². The summed E-state index contributed by atoms with van der Waals surface area (Å²) in [5.74, 6) is -4.04. The van der Waals surface area contributed by atoms with Crippen LogP contribution in [0.4, 0.5) is 0 Å². The van der Waals surface area contributed by atoms with E-state index in [2.05, 4.69) is 15.9 Å². The summed E-state index contributed by atoms with van der Waals surface area (Å²) in [5, 5.41) is 1.95. The van der Waals surface area contributed by atoms with Crippen LogP contribution in [0.2, 0.25) is 10.0 Å². The van der Waals surface area contributed by atoms with Gasteiger partial charge in [0.25, 0.3) is 17.7 Å². The van der Waals surface area contributed by atoms with E-state index in [4.69, 9.17) is 27.9 Å². The number of Topliss-reactive ketones (excluding diaryl/α,β-unsaturated/α-hetero) is 1. The molecule has 0 bridgehead atoms. The van der Waals surface area contributed by atoms with Crippen LogP contribution in [-0.2, 0) is 9.59 Å². The van der Waals surface area contributed by atoms with Crippen LogP contribution in [0.15, 0.2) is 82.9 Å². The minimum absolute atomic E-state index is 0.0101. The minimum Gasteiger partial charge on any atom is -0.423 e. The standard InChI is InChI=1S/C31H23BrCl2N2O6/c1-17-2-12-23-25(14-17)30(40)36(29(23)39)35(28(38)24-13-9-21(33)15-26(24)34)16-27(37)18-5-10-22(11-6-18)42-31(41)19-3-7-20(32)8-4-19/h2-11,13,15,23,25H,12,14,16H2,1H3/t23-,25-/m1/s1. The number of benzene rings is 3. The maximum absolute atomic E-state index is 13.7. The number of ketones is 1. The van der Waals surface area contributed by atoms with Gasteiger partial charge in [0.1, 0.15) is 12.3 Å². The highest BCUT2D eigenvalue weighted by Crippen LogP contribution is 2.39. The van der Waals surface area contributed by atoms with Gasteiger partial charge in [-0.05, 0) is 86.5 Å². The van der Waals surface area contributed by atoms with Crippen molar-refractivity contribution in [3.8, 4) is 5.75 Å². The van der Waals surface area contributed by atoms with E-state index in [1.807, 2.05) is 13.0 Å². The van der Waals surface area contributed by atoms with Gasteiger partial charge in [0.2, 0.25) is 0 Å². The zero-order valence-corrected chi connectivity index (χ0v) is 25.3. The van der Waals surface area contributed by atoms with E-state index >= 15 is 0 Å². The van der Waals surface area contributed by atoms with Crippen molar-refractivity contribution in [1.82, 2.24) is 10.0 Å². The van der Waals surface area contributed by atoms with Crippen LogP contribution in [0.25, 0.3) is 0 Å². The van der Waals surface area contributed by atoms with Gasteiger partial charge in [-0.3, -0.25) is 19.2 Å². The molecule has 42 heavy (non-hydrogen) atoms. The van der Waals surface area contributed by atoms with Crippen molar-refractivity contribution in [3.05, 3.63) is 110 Å². The van der Waals surface area contributed by atoms with E-state index < -0.39 is 47.9 Å². The predicted octanol–water partition coefficient (Wildman–Crippen LogP) is 6.56. The molecular formula is C31H23BrCl2N2O6. The molecule has 0 aromatic heterocycles. The second-order valence-electron chi connectivity index (χ2n) is 10.0. The maximum Gasteiger partial charge on any atom is 0.343 e. The lowest BCUT2D eigenvalue weighted by molar-refractivity contribution is -0.154. The van der Waals surface area contributed by atoms with Crippen LogP contribution in [-0.4, -0.2) is 46.0 Å². The van der Waals surface area contributed by atoms with Gasteiger partial charge in [0, 0.05) is 15.1 Å². The number of hydrogen-bond donors (Lipinski definition) is 0. The van der Waals surface area contributed by atoms with E-state index in [0.717, 1.165) is 20.1 Å². The fraction of sp³-hybridized carbons (Fsp3) is 0.194. The molecule has 3 aromatic carbocycles. The second-order valence-corrected chi connectivity index (χ2v) is 11.8. The number of allylic oxidation sites excluding steroid dienone is 2. The molecule has 3 aromatic rings. The van der Waals surface area contributed by atoms with Crippen LogP contribution in [0.5, 0.6) is 5.75 Å². The van der Waals surface area contributed by atoms with Gasteiger partial charge >= 0.3 is 5.97 Å². The molecule has 8 nitrogen and oxygen atoms in total. The molecule has 0 spiro atoms. The number of carbonyl (C=O) groups is 5. The molecule has 2 aliphatic rings. The zero-order valence-electron chi connectivity index (χ0n) is 22.2. The lowest BCUT2D eigenvalue weighted by Crippen LogP contribution is -2.52. The Morgan fingerprint density at radius 1 is 0.929 bits per heavy atom. The number of amides is 3. The van der Waals surface area contributed by atoms with Gasteiger partial charge in [-0.15, -0.1) is 0 Å². The molecule has 0 saturated carbocycles. The largest absolute Gasteiger partial charge is 0.423 e. The number of esters is 1. The normalized spacial score (nSPS) is 17.9. The molecule has 2 atom stereocenters. The molecule has 0 unspecified atom stereocenters. The monoisotopic (exact) mass is 668 g/mol. The molecule has 1 aliphatic heterocycles. The fourth-order valence-electron chi connectivity index (χ4n) is 4.98. The van der Waals surface area contributed by atoms with Crippen LogP contribution >= 0.6 is 39.1 Å². The Hall–Kier alpha value is -3.79. The zero-order chi connectivity index (χ0) is 30.1. The summed E-state index contributed by atoms with van der Waals surface area (Å²) in [6.07, 6.45) is 2.67. The Morgan fingerprint density at radius 3 is 2.24 bits per heavy atom. The van der Waals surface area contributed by atoms with E-state index in [-0.39, 0.29) is 21.9 Å². The van der Waals surface area contributed by atoms with Gasteiger partial charge in [0.05, 0.1) is 28.0 Å². The molecule has 214 valence electrons. The van der Waals surface area contributed by atoms with Crippen LogP contribution in [0.1, 0.15) is 50.8 Å². The number of halogens is 3. The number of imide groups is 1. The van der Waals surface area contributed by atoms with Crippen molar-refractivity contribution in [2.75, 3.05) is 6.54 Å². The number of carbonyl (C=O) groups excluding carboxylic acids is 5. The smallest absolute Gasteiger partial charge is 0.343 e. The first-order valence-electron chi connectivity index (χ1n) is 12.9. The molecule has 1 saturated heterocycles. The number of hydrazine groups is 1. The molecule has 1 fully saturated rings. The minimum atomic E-state index is -0.796. The average Bonchev–Trinajstić information content (AvgIpc) is 3.20. The van der Waals surface area contributed by atoms with Crippen molar-refractivity contribution >= 4 is 68.6 Å². The number of nitrogens with zero attached hydrogens (tertiary/aromatic N) is 2. The van der Waals surface area contributed by atoms with Crippen molar-refractivity contribution in [3.63, 3.8) is 0 Å². The van der Waals surface area contributed by atoms with Crippen LogP contribution in [0.3, 0.4) is 0 Å². The van der Waals surface area contributed by atoms with Gasteiger partial charge in [-0.25, -0.2) is 9.80 Å². The molecule has 5 rings (SSSR count). The Bertz CT molecular complexity index is 1640. The third-order valence-corrected chi connectivity index (χ3v) is 8.27. The van der Waals surface area contributed by atoms with Crippen molar-refractivity contribution in [2.45, 2.75) is 19.8 Å². The Labute approximate surface area is 259 Å². The van der Waals surface area contributed by atoms with E-state index in [0.29, 0.717) is 23.4 Å². The maximum atomic E-state index is 13.7. The first-order valence-corrected chi connectivity index (χ1v) is 14.5. The molecule has 11 heteroatoms. The number of hydrogen-bond acceptors (Lipinski definition) is 6. The Morgan fingerprint density at radius 2 is 1.57 bits per heavy atom. The summed E-state index contributed by atoms with van der Waals surface area (Å²) < 4.78 is 6.20. The average molecular weight is 670 g/mol. The van der Waals surface area contributed by atoms with Gasteiger partial charge in [-0.2, -0.15) is 5.01 Å². The summed E-state index contributed by atoms with van der Waals surface area (Å²) in [6.45, 7) is 1.27.